The van der Waals surface area contributed by atoms with Gasteiger partial charge in [-0.05, 0) is 17.9 Å². The van der Waals surface area contributed by atoms with Gasteiger partial charge < -0.3 is 9.84 Å². The molecule has 0 spiro atoms. The van der Waals surface area contributed by atoms with Crippen LogP contribution in [-0.2, 0) is 4.74 Å². The van der Waals surface area contributed by atoms with Crippen molar-refractivity contribution in [2.45, 2.75) is 12.5 Å². The first-order chi connectivity index (χ1) is 5.88. The first kappa shape index (κ1) is 9.85. The predicted octanol–water partition coefficient (Wildman–Crippen LogP) is 0.641. The van der Waals surface area contributed by atoms with Gasteiger partial charge in [-0.3, -0.25) is 0 Å². The summed E-state index contributed by atoms with van der Waals surface area (Å²) in [6.45, 7) is 0.275. The molecule has 1 fully saturated rings. The molecule has 0 aromatic rings. The second kappa shape index (κ2) is 5.41. The molecule has 1 aliphatic rings. The molecular formula is C8H13NO2S. The second-order valence-electron chi connectivity index (χ2n) is 2.77. The molecule has 0 aliphatic carbocycles. The maximum atomic E-state index is 8.75. The molecule has 0 radical (unpaired) electrons. The topological polar surface area (TPSA) is 53.2 Å². The summed E-state index contributed by atoms with van der Waals surface area (Å²) < 4.78 is 5.20. The Balaban J connectivity index is 2.29. The molecule has 2 atom stereocenters. The molecule has 0 aromatic carbocycles. The van der Waals surface area contributed by atoms with Crippen LogP contribution in [0.25, 0.3) is 0 Å². The third-order valence-electron chi connectivity index (χ3n) is 1.91. The molecule has 1 rings (SSSR count). The van der Waals surface area contributed by atoms with Crippen LogP contribution in [0.3, 0.4) is 0 Å². The van der Waals surface area contributed by atoms with Gasteiger partial charge >= 0.3 is 0 Å². The van der Waals surface area contributed by atoms with Crippen LogP contribution < -0.4 is 0 Å². The predicted molar refractivity (Wildman–Crippen MR) is 47.9 cm³/mol. The van der Waals surface area contributed by atoms with Gasteiger partial charge in [0.05, 0.1) is 19.3 Å². The van der Waals surface area contributed by atoms with Crippen LogP contribution in [0.4, 0.5) is 0 Å². The van der Waals surface area contributed by atoms with Crippen molar-refractivity contribution in [3.05, 3.63) is 0 Å². The standard InChI is InChI=1S/C8H13NO2S/c9-5-8(11-3-2-10)7-1-4-12-6-7/h7-8,10H,1-4,6H2. The van der Waals surface area contributed by atoms with Crippen LogP contribution >= 0.6 is 11.8 Å². The van der Waals surface area contributed by atoms with E-state index in [2.05, 4.69) is 6.07 Å². The molecule has 68 valence electrons. The van der Waals surface area contributed by atoms with Crippen LogP contribution in [0.1, 0.15) is 6.42 Å². The number of nitrogens with zero attached hydrogens (tertiary/aromatic N) is 1. The van der Waals surface area contributed by atoms with E-state index in [1.54, 1.807) is 0 Å². The van der Waals surface area contributed by atoms with E-state index in [4.69, 9.17) is 15.1 Å². The van der Waals surface area contributed by atoms with Crippen molar-refractivity contribution < 1.29 is 9.84 Å². The second-order valence-corrected chi connectivity index (χ2v) is 3.92. The van der Waals surface area contributed by atoms with Gasteiger partial charge in [0.25, 0.3) is 0 Å². The first-order valence-corrected chi connectivity index (χ1v) is 5.23. The van der Waals surface area contributed by atoms with Crippen LogP contribution in [0.2, 0.25) is 0 Å². The molecule has 1 heterocycles. The zero-order valence-corrected chi connectivity index (χ0v) is 7.72. The Morgan fingerprint density at radius 1 is 1.75 bits per heavy atom. The summed E-state index contributed by atoms with van der Waals surface area (Å²) in [5, 5.41) is 17.3. The fourth-order valence-corrected chi connectivity index (χ4v) is 2.53. The Morgan fingerprint density at radius 2 is 2.58 bits per heavy atom. The molecule has 4 heteroatoms. The summed E-state index contributed by atoms with van der Waals surface area (Å²) in [6, 6.07) is 2.13. The lowest BCUT2D eigenvalue weighted by Crippen LogP contribution is -2.23. The average molecular weight is 187 g/mol. The Bertz CT molecular complexity index is 163. The van der Waals surface area contributed by atoms with E-state index in [-0.39, 0.29) is 19.3 Å². The molecule has 12 heavy (non-hydrogen) atoms. The summed E-state index contributed by atoms with van der Waals surface area (Å²) in [5.41, 5.74) is 0. The largest absolute Gasteiger partial charge is 0.394 e. The van der Waals surface area contributed by atoms with Crippen molar-refractivity contribution in [3.8, 4) is 6.07 Å². The molecule has 0 saturated carbocycles. The minimum Gasteiger partial charge on any atom is -0.394 e. The zero-order valence-electron chi connectivity index (χ0n) is 6.90. The molecular weight excluding hydrogens is 174 g/mol. The third-order valence-corrected chi connectivity index (χ3v) is 3.10. The number of nitriles is 1. The zero-order chi connectivity index (χ0) is 8.81. The van der Waals surface area contributed by atoms with Crippen molar-refractivity contribution in [1.29, 1.82) is 5.26 Å². The van der Waals surface area contributed by atoms with E-state index in [1.807, 2.05) is 11.8 Å². The number of aliphatic hydroxyl groups excluding tert-OH is 1. The molecule has 0 amide bonds. The number of thioether (sulfide) groups is 1. The molecule has 1 N–H and O–H groups in total. The van der Waals surface area contributed by atoms with Crippen molar-refractivity contribution in [2.24, 2.45) is 5.92 Å². The molecule has 0 bridgehead atoms. The summed E-state index contributed by atoms with van der Waals surface area (Å²) in [5.74, 6) is 2.51. The number of aliphatic hydroxyl groups is 1. The van der Waals surface area contributed by atoms with E-state index in [0.717, 1.165) is 17.9 Å². The van der Waals surface area contributed by atoms with Crippen LogP contribution in [0.5, 0.6) is 0 Å². The normalized spacial score (nSPS) is 25.2. The lowest BCUT2D eigenvalue weighted by atomic mass is 10.0. The quantitative estimate of drug-likeness (QED) is 0.701. The fourth-order valence-electron chi connectivity index (χ4n) is 1.25. The van der Waals surface area contributed by atoms with Gasteiger partial charge in [-0.1, -0.05) is 0 Å². The number of hydrogen-bond donors (Lipinski definition) is 1. The average Bonchev–Trinajstić information content (AvgIpc) is 2.59. The Morgan fingerprint density at radius 3 is 3.08 bits per heavy atom. The van der Waals surface area contributed by atoms with E-state index in [0.29, 0.717) is 5.92 Å². The van der Waals surface area contributed by atoms with Gasteiger partial charge in [0.15, 0.2) is 0 Å². The molecule has 3 nitrogen and oxygen atoms in total. The van der Waals surface area contributed by atoms with Gasteiger partial charge in [0, 0.05) is 5.92 Å². The Labute approximate surface area is 76.7 Å². The highest BCUT2D eigenvalue weighted by atomic mass is 32.2. The molecule has 2 unspecified atom stereocenters. The Kier molecular flexibility index (Phi) is 4.44. The SMILES string of the molecule is N#CC(OCCO)C1CCSC1. The lowest BCUT2D eigenvalue weighted by molar-refractivity contribution is 0.0329. The minimum atomic E-state index is -0.313. The Hall–Kier alpha value is -0.240. The summed E-state index contributed by atoms with van der Waals surface area (Å²) in [6.07, 6.45) is 0.751. The van der Waals surface area contributed by atoms with Gasteiger partial charge in [-0.25, -0.2) is 0 Å². The fraction of sp³-hybridized carbons (Fsp3) is 0.875. The summed E-state index contributed by atoms with van der Waals surface area (Å²) in [4.78, 5) is 0. The van der Waals surface area contributed by atoms with Crippen molar-refractivity contribution >= 4 is 11.8 Å². The highest BCUT2D eigenvalue weighted by Crippen LogP contribution is 2.27. The van der Waals surface area contributed by atoms with Gasteiger partial charge in [0.1, 0.15) is 6.10 Å². The van der Waals surface area contributed by atoms with Crippen LogP contribution in [0, 0.1) is 17.2 Å². The maximum absolute atomic E-state index is 8.75. The number of rotatable bonds is 4. The van der Waals surface area contributed by atoms with Crippen molar-refractivity contribution in [3.63, 3.8) is 0 Å². The highest BCUT2D eigenvalue weighted by molar-refractivity contribution is 7.99. The molecule has 1 aliphatic heterocycles. The monoisotopic (exact) mass is 187 g/mol. The molecule has 1 saturated heterocycles. The lowest BCUT2D eigenvalue weighted by Gasteiger charge is -2.15. The van der Waals surface area contributed by atoms with Crippen molar-refractivity contribution in [1.82, 2.24) is 0 Å². The number of ether oxygens (including phenoxy) is 1. The first-order valence-electron chi connectivity index (χ1n) is 4.08. The van der Waals surface area contributed by atoms with Crippen molar-refractivity contribution in [2.75, 3.05) is 24.7 Å². The van der Waals surface area contributed by atoms with Gasteiger partial charge in [-0.15, -0.1) is 0 Å². The van der Waals surface area contributed by atoms with E-state index in [1.165, 1.54) is 0 Å². The third kappa shape index (κ3) is 2.67. The minimum absolute atomic E-state index is 0.00194. The number of hydrogen-bond acceptors (Lipinski definition) is 4. The summed E-state index contributed by atoms with van der Waals surface area (Å²) in [7, 11) is 0. The molecule has 0 aromatic heterocycles. The van der Waals surface area contributed by atoms with E-state index >= 15 is 0 Å². The van der Waals surface area contributed by atoms with E-state index < -0.39 is 0 Å². The van der Waals surface area contributed by atoms with Crippen LogP contribution in [-0.4, -0.2) is 35.9 Å². The summed E-state index contributed by atoms with van der Waals surface area (Å²) >= 11 is 1.87. The van der Waals surface area contributed by atoms with Gasteiger partial charge in [0.2, 0.25) is 0 Å². The van der Waals surface area contributed by atoms with Gasteiger partial charge in [-0.2, -0.15) is 17.0 Å². The maximum Gasteiger partial charge on any atom is 0.147 e. The van der Waals surface area contributed by atoms with E-state index in [9.17, 15) is 0 Å². The highest BCUT2D eigenvalue weighted by Gasteiger charge is 2.25. The smallest absolute Gasteiger partial charge is 0.147 e. The van der Waals surface area contributed by atoms with Crippen LogP contribution in [0.15, 0.2) is 0 Å².